The van der Waals surface area contributed by atoms with Crippen molar-refractivity contribution >= 4 is 47.1 Å². The molecule has 0 aromatic heterocycles. The van der Waals surface area contributed by atoms with Gasteiger partial charge in [-0.2, -0.15) is 0 Å². The highest BCUT2D eigenvalue weighted by molar-refractivity contribution is 6.25. The number of imide groups is 3. The third-order valence-corrected chi connectivity index (χ3v) is 5.54. The Kier molecular flexibility index (Phi) is 5.90. The molecule has 0 bridgehead atoms. The molecule has 0 saturated carbocycles. The average molecular weight is 456 g/mol. The van der Waals surface area contributed by atoms with Crippen molar-refractivity contribution in [3.8, 4) is 0 Å². The fourth-order valence-electron chi connectivity index (χ4n) is 3.92. The molecule has 1 aromatic rings. The van der Waals surface area contributed by atoms with Crippen LogP contribution in [0.2, 0.25) is 0 Å². The summed E-state index contributed by atoms with van der Waals surface area (Å²) in [6, 6.07) is 3.60. The number of rotatable bonds is 7. The Balaban J connectivity index is 1.36. The van der Waals surface area contributed by atoms with Crippen LogP contribution in [0.5, 0.6) is 0 Å². The van der Waals surface area contributed by atoms with E-state index >= 15 is 0 Å². The molecule has 1 unspecified atom stereocenters. The minimum atomic E-state index is -1.06. The molecule has 172 valence electrons. The minimum absolute atomic E-state index is 0.00930. The molecule has 0 aliphatic carbocycles. The van der Waals surface area contributed by atoms with Crippen molar-refractivity contribution in [2.75, 3.05) is 11.9 Å². The maximum Gasteiger partial charge on any atom is 0.333 e. The number of fused-ring (bicyclic) bond motifs is 1. The van der Waals surface area contributed by atoms with Crippen LogP contribution in [0.25, 0.3) is 0 Å². The summed E-state index contributed by atoms with van der Waals surface area (Å²) in [5, 5.41) is 5.62. The van der Waals surface area contributed by atoms with Crippen molar-refractivity contribution in [1.82, 2.24) is 15.3 Å². The summed E-state index contributed by atoms with van der Waals surface area (Å²) in [4.78, 5) is 89.9. The van der Waals surface area contributed by atoms with Crippen molar-refractivity contribution < 1.29 is 38.4 Å². The van der Waals surface area contributed by atoms with Gasteiger partial charge in [0, 0.05) is 37.9 Å². The van der Waals surface area contributed by atoms with Crippen LogP contribution >= 0.6 is 0 Å². The van der Waals surface area contributed by atoms with Gasteiger partial charge in [-0.1, -0.05) is 6.07 Å². The molecule has 0 radical (unpaired) electrons. The number of piperidine rings is 1. The first-order valence-electron chi connectivity index (χ1n) is 10.4. The van der Waals surface area contributed by atoms with Gasteiger partial charge < -0.3 is 10.2 Å². The van der Waals surface area contributed by atoms with Gasteiger partial charge >= 0.3 is 5.97 Å². The standard InChI is InChI=1S/C21H20N4O8/c26-14-7-6-13(19(30)23-14)24-20(31)11-3-1-4-12(18(11)21(24)32)22-10-2-5-17(29)33-25-15(27)8-9-16(25)28/h1,3-4,13,22H,2,5-10H2,(H,23,26,30). The van der Waals surface area contributed by atoms with Gasteiger partial charge in [0.05, 0.1) is 11.1 Å². The Morgan fingerprint density at radius 2 is 1.76 bits per heavy atom. The van der Waals surface area contributed by atoms with Gasteiger partial charge in [0.25, 0.3) is 23.6 Å². The highest BCUT2D eigenvalue weighted by Gasteiger charge is 2.45. The van der Waals surface area contributed by atoms with Crippen LogP contribution in [-0.2, 0) is 28.8 Å². The molecule has 4 rings (SSSR count). The summed E-state index contributed by atoms with van der Waals surface area (Å²) in [5.74, 6) is -4.26. The lowest BCUT2D eigenvalue weighted by molar-refractivity contribution is -0.197. The number of hydrogen-bond donors (Lipinski definition) is 2. The van der Waals surface area contributed by atoms with Crippen LogP contribution in [0.1, 0.15) is 59.2 Å². The molecule has 0 spiro atoms. The highest BCUT2D eigenvalue weighted by atomic mass is 16.7. The van der Waals surface area contributed by atoms with Crippen molar-refractivity contribution in [1.29, 1.82) is 0 Å². The number of hydrogen-bond acceptors (Lipinski definition) is 9. The summed E-state index contributed by atoms with van der Waals surface area (Å²) >= 11 is 0. The van der Waals surface area contributed by atoms with E-state index in [2.05, 4.69) is 10.6 Å². The van der Waals surface area contributed by atoms with Gasteiger partial charge in [0.2, 0.25) is 11.8 Å². The first kappa shape index (κ1) is 22.1. The van der Waals surface area contributed by atoms with E-state index in [0.29, 0.717) is 10.8 Å². The number of nitrogens with one attached hydrogen (secondary N) is 2. The molecule has 2 N–H and O–H groups in total. The summed E-state index contributed by atoms with van der Waals surface area (Å²) in [6.45, 7) is 0.229. The number of anilines is 1. The molecule has 2 fully saturated rings. The van der Waals surface area contributed by atoms with Crippen LogP contribution in [-0.4, -0.2) is 64.0 Å². The van der Waals surface area contributed by atoms with E-state index < -0.39 is 47.5 Å². The zero-order chi connectivity index (χ0) is 23.7. The number of carbonyl (C=O) groups excluding carboxylic acids is 7. The van der Waals surface area contributed by atoms with Crippen LogP contribution in [0.3, 0.4) is 0 Å². The van der Waals surface area contributed by atoms with E-state index in [9.17, 15) is 33.6 Å². The lowest BCUT2D eigenvalue weighted by atomic mass is 10.0. The summed E-state index contributed by atoms with van der Waals surface area (Å²) in [6.07, 6.45) is 0.277. The second-order valence-corrected chi connectivity index (χ2v) is 7.75. The van der Waals surface area contributed by atoms with Crippen LogP contribution in [0.4, 0.5) is 5.69 Å². The first-order chi connectivity index (χ1) is 15.8. The predicted molar refractivity (Wildman–Crippen MR) is 108 cm³/mol. The summed E-state index contributed by atoms with van der Waals surface area (Å²) in [5.41, 5.74) is 0.613. The molecule has 1 aromatic carbocycles. The lowest BCUT2D eigenvalue weighted by Gasteiger charge is -2.27. The van der Waals surface area contributed by atoms with Gasteiger partial charge in [-0.05, 0) is 25.0 Å². The molecule has 12 heteroatoms. The number of benzene rings is 1. The maximum atomic E-state index is 13.0. The third-order valence-electron chi connectivity index (χ3n) is 5.54. The van der Waals surface area contributed by atoms with Crippen LogP contribution in [0.15, 0.2) is 18.2 Å². The first-order valence-corrected chi connectivity index (χ1v) is 10.4. The van der Waals surface area contributed by atoms with Crippen molar-refractivity contribution in [2.24, 2.45) is 0 Å². The Hall–Kier alpha value is -4.09. The Bertz CT molecular complexity index is 1080. The van der Waals surface area contributed by atoms with E-state index in [-0.39, 0.29) is 56.2 Å². The number of nitrogens with zero attached hydrogens (tertiary/aromatic N) is 2. The topological polar surface area (TPSA) is 159 Å². The molecular formula is C21H20N4O8. The second-order valence-electron chi connectivity index (χ2n) is 7.75. The largest absolute Gasteiger partial charge is 0.384 e. The molecule has 12 nitrogen and oxygen atoms in total. The van der Waals surface area contributed by atoms with E-state index in [1.807, 2.05) is 0 Å². The molecule has 1 atom stereocenters. The monoisotopic (exact) mass is 456 g/mol. The fraction of sp³-hybridized carbons (Fsp3) is 0.381. The van der Waals surface area contributed by atoms with E-state index in [0.717, 1.165) is 4.90 Å². The van der Waals surface area contributed by atoms with Crippen LogP contribution in [0, 0.1) is 0 Å². The molecule has 3 aliphatic heterocycles. The number of amides is 6. The summed E-state index contributed by atoms with van der Waals surface area (Å²) < 4.78 is 0. The average Bonchev–Trinajstić information content (AvgIpc) is 3.22. The molecule has 2 saturated heterocycles. The molecule has 3 aliphatic rings. The van der Waals surface area contributed by atoms with E-state index in [1.165, 1.54) is 6.07 Å². The SMILES string of the molecule is O=C1CCC(N2C(=O)c3cccc(NCCCC(=O)ON4C(=O)CCC4=O)c3C2=O)C(=O)N1. The summed E-state index contributed by atoms with van der Waals surface area (Å²) in [7, 11) is 0. The molecule has 6 amide bonds. The molecule has 3 heterocycles. The van der Waals surface area contributed by atoms with E-state index in [1.54, 1.807) is 12.1 Å². The van der Waals surface area contributed by atoms with Crippen molar-refractivity contribution in [3.63, 3.8) is 0 Å². The Morgan fingerprint density at radius 3 is 2.45 bits per heavy atom. The van der Waals surface area contributed by atoms with Gasteiger partial charge in [-0.3, -0.25) is 39.0 Å². The normalized spacial score (nSPS) is 20.3. The molecule has 33 heavy (non-hydrogen) atoms. The maximum absolute atomic E-state index is 13.0. The predicted octanol–water partition coefficient (Wildman–Crippen LogP) is -0.113. The van der Waals surface area contributed by atoms with E-state index in [4.69, 9.17) is 4.84 Å². The number of hydroxylamine groups is 2. The Labute approximate surface area is 187 Å². The van der Waals surface area contributed by atoms with Crippen molar-refractivity contribution in [3.05, 3.63) is 29.3 Å². The Morgan fingerprint density at radius 1 is 1.03 bits per heavy atom. The number of carbonyl (C=O) groups is 7. The van der Waals surface area contributed by atoms with Gasteiger partial charge in [-0.25, -0.2) is 4.79 Å². The van der Waals surface area contributed by atoms with Gasteiger partial charge in [0.1, 0.15) is 6.04 Å². The zero-order valence-electron chi connectivity index (χ0n) is 17.4. The minimum Gasteiger partial charge on any atom is -0.384 e. The smallest absolute Gasteiger partial charge is 0.333 e. The third kappa shape index (κ3) is 4.19. The van der Waals surface area contributed by atoms with Gasteiger partial charge in [-0.15, -0.1) is 5.06 Å². The van der Waals surface area contributed by atoms with Crippen LogP contribution < -0.4 is 10.6 Å². The lowest BCUT2D eigenvalue weighted by Crippen LogP contribution is -2.54. The van der Waals surface area contributed by atoms with Crippen molar-refractivity contribution in [2.45, 2.75) is 44.6 Å². The quantitative estimate of drug-likeness (QED) is 0.421. The second kappa shape index (κ2) is 8.81. The van der Waals surface area contributed by atoms with Gasteiger partial charge in [0.15, 0.2) is 0 Å². The highest BCUT2D eigenvalue weighted by Crippen LogP contribution is 2.32. The fourth-order valence-corrected chi connectivity index (χ4v) is 3.92. The molecular weight excluding hydrogens is 436 g/mol. The zero-order valence-corrected chi connectivity index (χ0v) is 17.4.